The number of ether oxygens (including phenoxy) is 2. The van der Waals surface area contributed by atoms with Gasteiger partial charge >= 0.3 is 15.6 Å². The lowest BCUT2D eigenvalue weighted by Crippen LogP contribution is -2.28. The van der Waals surface area contributed by atoms with Gasteiger partial charge in [-0.05, 0) is 0 Å². The summed E-state index contributed by atoms with van der Waals surface area (Å²) >= 11 is 0. The molecule has 0 unspecified atom stereocenters. The molecule has 0 saturated carbocycles. The van der Waals surface area contributed by atoms with E-state index in [1.165, 1.54) is 7.11 Å². The van der Waals surface area contributed by atoms with Crippen molar-refractivity contribution in [2.75, 3.05) is 13.9 Å². The molecule has 1 rings (SSSR count). The first kappa shape index (κ1) is 16.4. The van der Waals surface area contributed by atoms with Gasteiger partial charge < -0.3 is 13.7 Å². The Morgan fingerprint density at radius 1 is 1.20 bits per heavy atom. The highest BCUT2D eigenvalue weighted by molar-refractivity contribution is 7.88. The van der Waals surface area contributed by atoms with Gasteiger partial charge in [-0.15, -0.1) is 0 Å². The van der Waals surface area contributed by atoms with Crippen LogP contribution in [0.5, 0.6) is 11.5 Å². The Morgan fingerprint density at radius 3 is 2.30 bits per heavy atom. The van der Waals surface area contributed by atoms with Crippen molar-refractivity contribution < 1.29 is 44.0 Å². The van der Waals surface area contributed by atoms with Gasteiger partial charge in [-0.1, -0.05) is 0 Å². The average Bonchev–Trinajstić information content (AvgIpc) is 2.30. The molecule has 1 aromatic rings. The van der Waals surface area contributed by atoms with E-state index in [4.69, 9.17) is 0 Å². The Balaban J connectivity index is 3.15. The summed E-state index contributed by atoms with van der Waals surface area (Å²) in [5, 5.41) is 0. The van der Waals surface area contributed by atoms with Gasteiger partial charge in [-0.2, -0.15) is 26.0 Å². The fraction of sp³-hybridized carbons (Fsp3) is 0.333. The van der Waals surface area contributed by atoms with Crippen molar-refractivity contribution in [3.05, 3.63) is 23.8 Å². The summed E-state index contributed by atoms with van der Waals surface area (Å²) in [5.74, 6) is -5.50. The van der Waals surface area contributed by atoms with E-state index < -0.39 is 45.6 Å². The number of benzene rings is 1. The number of hydrogen-bond donors (Lipinski definition) is 0. The van der Waals surface area contributed by atoms with Crippen LogP contribution in [0.3, 0.4) is 0 Å². The first-order chi connectivity index (χ1) is 9.08. The molecule has 114 valence electrons. The Bertz CT molecular complexity index is 583. The maximum Gasteiger partial charge on any atom is 0.534 e. The van der Waals surface area contributed by atoms with E-state index in [1.54, 1.807) is 0 Å². The van der Waals surface area contributed by atoms with Gasteiger partial charge in [0.1, 0.15) is 5.75 Å². The average molecular weight is 322 g/mol. The van der Waals surface area contributed by atoms with Gasteiger partial charge in [0.05, 0.1) is 0 Å². The van der Waals surface area contributed by atoms with Crippen LogP contribution < -0.4 is 8.92 Å². The van der Waals surface area contributed by atoms with E-state index >= 15 is 0 Å². The molecule has 0 saturated heterocycles. The summed E-state index contributed by atoms with van der Waals surface area (Å²) in [4.78, 5) is 0. The van der Waals surface area contributed by atoms with E-state index in [0.29, 0.717) is 12.1 Å². The van der Waals surface area contributed by atoms with Gasteiger partial charge in [0.25, 0.3) is 0 Å². The van der Waals surface area contributed by atoms with Crippen LogP contribution in [0.4, 0.5) is 22.0 Å². The zero-order valence-electron chi connectivity index (χ0n) is 9.70. The Labute approximate surface area is 110 Å². The Hall–Kier alpha value is -1.62. The predicted octanol–water partition coefficient (Wildman–Crippen LogP) is 2.18. The third kappa shape index (κ3) is 3.70. The highest BCUT2D eigenvalue weighted by Gasteiger charge is 2.49. The molecule has 0 atom stereocenters. The lowest BCUT2D eigenvalue weighted by atomic mass is 10.3. The normalized spacial score (nSPS) is 12.3. The lowest BCUT2D eigenvalue weighted by molar-refractivity contribution is -0.0501. The van der Waals surface area contributed by atoms with Gasteiger partial charge in [0, 0.05) is 19.2 Å². The first-order valence-electron chi connectivity index (χ1n) is 4.70. The smallest absolute Gasteiger partial charge is 0.467 e. The third-order valence-corrected chi connectivity index (χ3v) is 2.76. The molecular formula is C9H7F5O5S. The SMILES string of the molecule is COCOc1cc(F)c(F)c(OS(=O)(=O)C(F)(F)F)c1. The van der Waals surface area contributed by atoms with Crippen LogP contribution >= 0.6 is 0 Å². The van der Waals surface area contributed by atoms with Crippen molar-refractivity contribution in [2.24, 2.45) is 0 Å². The minimum Gasteiger partial charge on any atom is -0.467 e. The molecule has 5 nitrogen and oxygen atoms in total. The monoisotopic (exact) mass is 322 g/mol. The van der Waals surface area contributed by atoms with Gasteiger partial charge in [0.2, 0.25) is 5.82 Å². The zero-order chi connectivity index (χ0) is 15.6. The zero-order valence-corrected chi connectivity index (χ0v) is 10.5. The van der Waals surface area contributed by atoms with Gasteiger partial charge in [-0.25, -0.2) is 4.39 Å². The van der Waals surface area contributed by atoms with E-state index in [1.807, 2.05) is 0 Å². The fourth-order valence-corrected chi connectivity index (χ4v) is 1.43. The molecule has 0 aromatic heterocycles. The van der Waals surface area contributed by atoms with Crippen LogP contribution in [0.15, 0.2) is 12.1 Å². The maximum absolute atomic E-state index is 13.2. The lowest BCUT2D eigenvalue weighted by Gasteiger charge is -2.12. The number of methoxy groups -OCH3 is 1. The van der Waals surface area contributed by atoms with Crippen LogP contribution in [0.2, 0.25) is 0 Å². The second kappa shape index (κ2) is 5.79. The minimum atomic E-state index is -6.12. The topological polar surface area (TPSA) is 61.8 Å². The maximum atomic E-state index is 13.2. The second-order valence-electron chi connectivity index (χ2n) is 3.25. The largest absolute Gasteiger partial charge is 0.534 e. The quantitative estimate of drug-likeness (QED) is 0.360. The fourth-order valence-electron chi connectivity index (χ4n) is 0.977. The molecule has 0 bridgehead atoms. The summed E-state index contributed by atoms with van der Waals surface area (Å²) < 4.78 is 96.5. The van der Waals surface area contributed by atoms with Gasteiger partial charge in [-0.3, -0.25) is 0 Å². The summed E-state index contributed by atoms with van der Waals surface area (Å²) in [6.45, 7) is -0.420. The third-order valence-electron chi connectivity index (χ3n) is 1.79. The van der Waals surface area contributed by atoms with E-state index in [0.717, 1.165) is 0 Å². The summed E-state index contributed by atoms with van der Waals surface area (Å²) in [5.41, 5.74) is -5.78. The van der Waals surface area contributed by atoms with E-state index in [2.05, 4.69) is 13.7 Å². The molecule has 0 radical (unpaired) electrons. The first-order valence-corrected chi connectivity index (χ1v) is 6.11. The number of rotatable bonds is 5. The molecule has 1 aromatic carbocycles. The van der Waals surface area contributed by atoms with Crippen LogP contribution in [-0.4, -0.2) is 27.8 Å². The highest BCUT2D eigenvalue weighted by Crippen LogP contribution is 2.32. The standard InChI is InChI=1S/C9H7F5O5S/c1-17-4-18-5-2-6(10)8(11)7(3-5)19-20(15,16)9(12,13)14/h2-3H,4H2,1H3. The van der Waals surface area contributed by atoms with Crippen molar-refractivity contribution in [3.63, 3.8) is 0 Å². The van der Waals surface area contributed by atoms with Crippen molar-refractivity contribution in [1.29, 1.82) is 0 Å². The van der Waals surface area contributed by atoms with Crippen molar-refractivity contribution in [3.8, 4) is 11.5 Å². The highest BCUT2D eigenvalue weighted by atomic mass is 32.2. The summed E-state index contributed by atoms with van der Waals surface area (Å²) in [7, 11) is -4.92. The van der Waals surface area contributed by atoms with Crippen LogP contribution in [0, 0.1) is 11.6 Å². The molecule has 0 N–H and O–H groups in total. The number of hydrogen-bond acceptors (Lipinski definition) is 5. The van der Waals surface area contributed by atoms with Gasteiger partial charge in [0.15, 0.2) is 18.4 Å². The van der Waals surface area contributed by atoms with Crippen LogP contribution in [-0.2, 0) is 14.9 Å². The molecule has 0 aliphatic heterocycles. The van der Waals surface area contributed by atoms with Crippen LogP contribution in [0.1, 0.15) is 0 Å². The molecule has 0 heterocycles. The van der Waals surface area contributed by atoms with Crippen LogP contribution in [0.25, 0.3) is 0 Å². The van der Waals surface area contributed by atoms with Crippen molar-refractivity contribution in [1.82, 2.24) is 0 Å². The molecule has 0 aliphatic carbocycles. The summed E-state index contributed by atoms with van der Waals surface area (Å²) in [6, 6.07) is 0.933. The van der Waals surface area contributed by atoms with E-state index in [9.17, 15) is 30.4 Å². The molecule has 0 aliphatic rings. The molecule has 0 spiro atoms. The molecule has 0 fully saturated rings. The minimum absolute atomic E-state index is 0.420. The molecule has 11 heteroatoms. The molecule has 20 heavy (non-hydrogen) atoms. The molecular weight excluding hydrogens is 315 g/mol. The molecule has 0 amide bonds. The van der Waals surface area contributed by atoms with E-state index in [-0.39, 0.29) is 0 Å². The van der Waals surface area contributed by atoms with Crippen molar-refractivity contribution >= 4 is 10.1 Å². The number of alkyl halides is 3. The predicted molar refractivity (Wildman–Crippen MR) is 54.5 cm³/mol. The Morgan fingerprint density at radius 2 is 1.80 bits per heavy atom. The summed E-state index contributed by atoms with van der Waals surface area (Å²) in [6.07, 6.45) is 0. The second-order valence-corrected chi connectivity index (χ2v) is 4.79. The number of halogens is 5. The Kier molecular flexibility index (Phi) is 4.76. The van der Waals surface area contributed by atoms with Crippen molar-refractivity contribution in [2.45, 2.75) is 5.51 Å².